The lowest BCUT2D eigenvalue weighted by molar-refractivity contribution is 0.287. The number of H-pyrrole nitrogens is 1. The maximum atomic E-state index is 4.08. The third kappa shape index (κ3) is 2.22. The Bertz CT molecular complexity index is 504. The van der Waals surface area contributed by atoms with E-state index >= 15 is 0 Å². The first-order valence-electron chi connectivity index (χ1n) is 5.97. The quantitative estimate of drug-likeness (QED) is 0.869. The van der Waals surface area contributed by atoms with Crippen LogP contribution < -0.4 is 0 Å². The van der Waals surface area contributed by atoms with Crippen molar-refractivity contribution in [1.29, 1.82) is 0 Å². The van der Waals surface area contributed by atoms with Crippen LogP contribution in [0.5, 0.6) is 0 Å². The van der Waals surface area contributed by atoms with Crippen molar-refractivity contribution in [3.05, 3.63) is 46.8 Å². The molecule has 0 bridgehead atoms. The molecule has 0 unspecified atom stereocenters. The molecular formula is C13H16N4. The number of hydrogen-bond acceptors (Lipinski definition) is 3. The summed E-state index contributed by atoms with van der Waals surface area (Å²) in [5, 5.41) is 10.6. The molecule has 4 nitrogen and oxygen atoms in total. The second-order valence-corrected chi connectivity index (χ2v) is 4.69. The smallest absolute Gasteiger partial charge is 0.0837 e. The molecule has 0 amide bonds. The van der Waals surface area contributed by atoms with Gasteiger partial charge in [0.25, 0.3) is 0 Å². The molecule has 0 aliphatic carbocycles. The predicted octanol–water partition coefficient (Wildman–Crippen LogP) is 1.67. The highest BCUT2D eigenvalue weighted by molar-refractivity contribution is 5.34. The summed E-state index contributed by atoms with van der Waals surface area (Å²) in [6.45, 7) is 5.32. The van der Waals surface area contributed by atoms with E-state index in [1.807, 2.05) is 0 Å². The first kappa shape index (κ1) is 10.5. The minimum Gasteiger partial charge on any atom is -0.294 e. The number of benzene rings is 1. The summed E-state index contributed by atoms with van der Waals surface area (Å²) in [4.78, 5) is 2.46. The highest BCUT2D eigenvalue weighted by Crippen LogP contribution is 2.23. The van der Waals surface area contributed by atoms with E-state index in [1.54, 1.807) is 6.20 Å². The number of nitrogens with one attached hydrogen (secondary N) is 1. The number of nitrogens with zero attached hydrogens (tertiary/aromatic N) is 3. The Morgan fingerprint density at radius 2 is 2.18 bits per heavy atom. The van der Waals surface area contributed by atoms with Gasteiger partial charge < -0.3 is 0 Å². The van der Waals surface area contributed by atoms with Gasteiger partial charge in [-0.1, -0.05) is 23.8 Å². The molecule has 2 aromatic rings. The second kappa shape index (κ2) is 4.30. The molecular weight excluding hydrogens is 212 g/mol. The molecule has 1 aromatic heterocycles. The lowest BCUT2D eigenvalue weighted by Gasteiger charge is -2.12. The number of aromatic amines is 1. The van der Waals surface area contributed by atoms with Crippen LogP contribution in [0.25, 0.3) is 0 Å². The van der Waals surface area contributed by atoms with E-state index in [0.29, 0.717) is 0 Å². The van der Waals surface area contributed by atoms with Gasteiger partial charge in [-0.2, -0.15) is 15.4 Å². The summed E-state index contributed by atoms with van der Waals surface area (Å²) < 4.78 is 0. The summed E-state index contributed by atoms with van der Waals surface area (Å²) in [6.07, 6.45) is 2.76. The van der Waals surface area contributed by atoms with Crippen LogP contribution in [0.4, 0.5) is 0 Å². The summed E-state index contributed by atoms with van der Waals surface area (Å²) in [5.74, 6) is 0. The number of aryl methyl sites for hydroxylation is 1. The molecule has 0 saturated heterocycles. The van der Waals surface area contributed by atoms with E-state index in [0.717, 1.165) is 31.7 Å². The lowest BCUT2D eigenvalue weighted by atomic mass is 10.1. The molecule has 0 fully saturated rings. The van der Waals surface area contributed by atoms with Crippen LogP contribution >= 0.6 is 0 Å². The van der Waals surface area contributed by atoms with Crippen molar-refractivity contribution in [2.24, 2.45) is 0 Å². The fourth-order valence-corrected chi connectivity index (χ4v) is 2.37. The fourth-order valence-electron chi connectivity index (χ4n) is 2.37. The summed E-state index contributed by atoms with van der Waals surface area (Å²) in [6, 6.07) is 6.74. The Hall–Kier alpha value is -1.68. The number of rotatable bonds is 3. The maximum Gasteiger partial charge on any atom is 0.0837 e. The minimum absolute atomic E-state index is 0.962. The maximum absolute atomic E-state index is 4.08. The zero-order valence-electron chi connectivity index (χ0n) is 9.98. The van der Waals surface area contributed by atoms with Gasteiger partial charge in [-0.3, -0.25) is 4.90 Å². The zero-order valence-corrected chi connectivity index (χ0v) is 9.98. The van der Waals surface area contributed by atoms with Gasteiger partial charge in [0, 0.05) is 26.1 Å². The molecule has 0 saturated carbocycles. The largest absolute Gasteiger partial charge is 0.294 e. The molecule has 0 radical (unpaired) electrons. The summed E-state index contributed by atoms with van der Waals surface area (Å²) in [7, 11) is 0. The minimum atomic E-state index is 0.962. The van der Waals surface area contributed by atoms with Crippen LogP contribution in [0.3, 0.4) is 0 Å². The normalized spacial score (nSPS) is 15.1. The third-order valence-corrected chi connectivity index (χ3v) is 3.30. The molecule has 1 aliphatic rings. The van der Waals surface area contributed by atoms with Gasteiger partial charge in [0.15, 0.2) is 0 Å². The van der Waals surface area contributed by atoms with Gasteiger partial charge in [-0.15, -0.1) is 0 Å². The van der Waals surface area contributed by atoms with E-state index in [2.05, 4.69) is 45.4 Å². The molecule has 4 heteroatoms. The SMILES string of the molecule is Cc1ccc2c(c1)CN(CCc1cn[nH]n1)C2. The van der Waals surface area contributed by atoms with Crippen molar-refractivity contribution < 1.29 is 0 Å². The van der Waals surface area contributed by atoms with Crippen molar-refractivity contribution in [2.75, 3.05) is 6.54 Å². The van der Waals surface area contributed by atoms with Gasteiger partial charge >= 0.3 is 0 Å². The zero-order chi connectivity index (χ0) is 11.7. The van der Waals surface area contributed by atoms with Crippen LogP contribution in [0.1, 0.15) is 22.4 Å². The number of aromatic nitrogens is 3. The van der Waals surface area contributed by atoms with Crippen LogP contribution in [-0.2, 0) is 19.5 Å². The second-order valence-electron chi connectivity index (χ2n) is 4.69. The topological polar surface area (TPSA) is 44.8 Å². The van der Waals surface area contributed by atoms with E-state index in [4.69, 9.17) is 0 Å². The summed E-state index contributed by atoms with van der Waals surface area (Å²) in [5.41, 5.74) is 5.33. The standard InChI is InChI=1S/C13H16N4/c1-10-2-3-11-8-17(9-12(11)6-10)5-4-13-7-14-16-15-13/h2-3,6-7H,4-5,8-9H2,1H3,(H,14,15,16). The van der Waals surface area contributed by atoms with Crippen molar-refractivity contribution in [1.82, 2.24) is 20.3 Å². The Labute approximate surface area is 101 Å². The van der Waals surface area contributed by atoms with Crippen molar-refractivity contribution in [3.8, 4) is 0 Å². The Morgan fingerprint density at radius 3 is 3.00 bits per heavy atom. The first-order chi connectivity index (χ1) is 8.31. The average molecular weight is 228 g/mol. The molecule has 0 spiro atoms. The average Bonchev–Trinajstić information content (AvgIpc) is 2.94. The highest BCUT2D eigenvalue weighted by atomic mass is 15.3. The van der Waals surface area contributed by atoms with Gasteiger partial charge in [-0.25, -0.2) is 0 Å². The molecule has 2 heterocycles. The Balaban J connectivity index is 1.62. The molecule has 17 heavy (non-hydrogen) atoms. The Morgan fingerprint density at radius 1 is 1.29 bits per heavy atom. The first-order valence-corrected chi connectivity index (χ1v) is 5.97. The highest BCUT2D eigenvalue weighted by Gasteiger charge is 2.18. The number of fused-ring (bicyclic) bond motifs is 1. The number of hydrogen-bond donors (Lipinski definition) is 1. The van der Waals surface area contributed by atoms with Crippen LogP contribution in [0.2, 0.25) is 0 Å². The third-order valence-electron chi connectivity index (χ3n) is 3.30. The molecule has 1 aromatic carbocycles. The van der Waals surface area contributed by atoms with Crippen molar-refractivity contribution >= 4 is 0 Å². The van der Waals surface area contributed by atoms with E-state index in [1.165, 1.54) is 16.7 Å². The molecule has 0 atom stereocenters. The lowest BCUT2D eigenvalue weighted by Crippen LogP contribution is -2.19. The van der Waals surface area contributed by atoms with E-state index in [9.17, 15) is 0 Å². The van der Waals surface area contributed by atoms with Crippen LogP contribution in [0, 0.1) is 6.92 Å². The molecule has 88 valence electrons. The predicted molar refractivity (Wildman–Crippen MR) is 65.4 cm³/mol. The molecule has 3 rings (SSSR count). The monoisotopic (exact) mass is 228 g/mol. The van der Waals surface area contributed by atoms with E-state index in [-0.39, 0.29) is 0 Å². The van der Waals surface area contributed by atoms with Gasteiger partial charge in [0.05, 0.1) is 11.9 Å². The van der Waals surface area contributed by atoms with Crippen LogP contribution in [-0.4, -0.2) is 26.9 Å². The van der Waals surface area contributed by atoms with Gasteiger partial charge in [0.2, 0.25) is 0 Å². The van der Waals surface area contributed by atoms with Crippen LogP contribution in [0.15, 0.2) is 24.4 Å². The Kier molecular flexibility index (Phi) is 2.65. The van der Waals surface area contributed by atoms with Gasteiger partial charge in [0.1, 0.15) is 0 Å². The van der Waals surface area contributed by atoms with Gasteiger partial charge in [-0.05, 0) is 18.1 Å². The fraction of sp³-hybridized carbons (Fsp3) is 0.385. The van der Waals surface area contributed by atoms with Crippen molar-refractivity contribution in [2.45, 2.75) is 26.4 Å². The molecule has 1 aliphatic heterocycles. The van der Waals surface area contributed by atoms with Crippen molar-refractivity contribution in [3.63, 3.8) is 0 Å². The molecule has 1 N–H and O–H groups in total. The summed E-state index contributed by atoms with van der Waals surface area (Å²) >= 11 is 0. The van der Waals surface area contributed by atoms with E-state index < -0.39 is 0 Å².